The molecule has 6 nitrogen and oxygen atoms in total. The Labute approximate surface area is 148 Å². The second kappa shape index (κ2) is 12.1. The Hall–Kier alpha value is -1.51. The highest BCUT2D eigenvalue weighted by Gasteiger charge is 2.01. The molecule has 1 rings (SSSR count). The van der Waals surface area contributed by atoms with E-state index in [9.17, 15) is 4.79 Å². The maximum absolute atomic E-state index is 10.9. The number of benzene rings is 1. The van der Waals surface area contributed by atoms with Gasteiger partial charge < -0.3 is 20.1 Å². The summed E-state index contributed by atoms with van der Waals surface area (Å²) in [5, 5.41) is 6.13. The molecule has 0 unspecified atom stereocenters. The van der Waals surface area contributed by atoms with Crippen LogP contribution in [0.5, 0.6) is 5.75 Å². The summed E-state index contributed by atoms with van der Waals surface area (Å²) in [5.41, 5.74) is 1.13. The monoisotopic (exact) mass is 421 g/mol. The molecule has 0 aliphatic rings. The fourth-order valence-corrected chi connectivity index (χ4v) is 1.68. The summed E-state index contributed by atoms with van der Waals surface area (Å²) < 4.78 is 10.1. The molecule has 0 saturated carbocycles. The maximum Gasteiger partial charge on any atom is 0.305 e. The number of carbonyl (C=O) groups is 1. The quantitative estimate of drug-likeness (QED) is 0.232. The molecule has 22 heavy (non-hydrogen) atoms. The molecule has 0 amide bonds. The summed E-state index contributed by atoms with van der Waals surface area (Å²) in [4.78, 5) is 15.0. The molecule has 0 spiro atoms. The van der Waals surface area contributed by atoms with Crippen LogP contribution in [0.2, 0.25) is 0 Å². The first kappa shape index (κ1) is 20.5. The van der Waals surface area contributed by atoms with Gasteiger partial charge in [0.1, 0.15) is 5.75 Å². The normalized spacial score (nSPS) is 10.4. The van der Waals surface area contributed by atoms with E-state index < -0.39 is 0 Å². The van der Waals surface area contributed by atoms with Crippen molar-refractivity contribution in [1.82, 2.24) is 10.6 Å². The minimum atomic E-state index is -0.210. The first-order chi connectivity index (χ1) is 10.2. The zero-order valence-electron chi connectivity index (χ0n) is 13.2. The van der Waals surface area contributed by atoms with Crippen LogP contribution in [-0.2, 0) is 16.1 Å². The van der Waals surface area contributed by atoms with Crippen LogP contribution in [0.4, 0.5) is 0 Å². The molecule has 0 fully saturated rings. The van der Waals surface area contributed by atoms with Crippen molar-refractivity contribution in [1.29, 1.82) is 0 Å². The molecule has 0 bridgehead atoms. The average Bonchev–Trinajstić information content (AvgIpc) is 2.53. The zero-order valence-corrected chi connectivity index (χ0v) is 15.5. The highest BCUT2D eigenvalue weighted by Crippen LogP contribution is 2.12. The molecule has 0 atom stereocenters. The number of hydrogen-bond acceptors (Lipinski definition) is 4. The summed E-state index contributed by atoms with van der Waals surface area (Å²) in [6.07, 6.45) is 1.02. The highest BCUT2D eigenvalue weighted by atomic mass is 127. The molecule has 0 aliphatic heterocycles. The van der Waals surface area contributed by atoms with E-state index in [0.29, 0.717) is 26.0 Å². The van der Waals surface area contributed by atoms with Gasteiger partial charge in [-0.3, -0.25) is 9.79 Å². The SMILES string of the molecule is CN=C(NC)NCc1ccc(OCCCC(=O)OC)cc1.I. The third-order valence-corrected chi connectivity index (χ3v) is 2.87. The van der Waals surface area contributed by atoms with Crippen LogP contribution in [0, 0.1) is 0 Å². The van der Waals surface area contributed by atoms with Gasteiger partial charge in [0.05, 0.1) is 13.7 Å². The van der Waals surface area contributed by atoms with Crippen molar-refractivity contribution in [2.45, 2.75) is 19.4 Å². The van der Waals surface area contributed by atoms with Gasteiger partial charge in [-0.15, -0.1) is 24.0 Å². The van der Waals surface area contributed by atoms with Crippen LogP contribution in [-0.4, -0.2) is 39.7 Å². The first-order valence-corrected chi connectivity index (χ1v) is 6.86. The Morgan fingerprint density at radius 2 is 1.95 bits per heavy atom. The molecular weight excluding hydrogens is 397 g/mol. The van der Waals surface area contributed by atoms with Crippen LogP contribution in [0.25, 0.3) is 0 Å². The smallest absolute Gasteiger partial charge is 0.305 e. The molecule has 0 saturated heterocycles. The van der Waals surface area contributed by atoms with Crippen LogP contribution in [0.1, 0.15) is 18.4 Å². The van der Waals surface area contributed by atoms with Gasteiger partial charge in [0.2, 0.25) is 0 Å². The van der Waals surface area contributed by atoms with Gasteiger partial charge in [-0.25, -0.2) is 0 Å². The van der Waals surface area contributed by atoms with Crippen LogP contribution >= 0.6 is 24.0 Å². The highest BCUT2D eigenvalue weighted by molar-refractivity contribution is 14.0. The topological polar surface area (TPSA) is 72.0 Å². The van der Waals surface area contributed by atoms with Gasteiger partial charge in [0.25, 0.3) is 0 Å². The Morgan fingerprint density at radius 1 is 1.27 bits per heavy atom. The molecule has 124 valence electrons. The Balaban J connectivity index is 0.00000441. The number of halogens is 1. The van der Waals surface area contributed by atoms with Gasteiger partial charge in [-0.2, -0.15) is 0 Å². The standard InChI is InChI=1S/C15H23N3O3.HI/c1-16-15(17-2)18-11-12-6-8-13(9-7-12)21-10-4-5-14(19)20-3;/h6-9H,4-5,10-11H2,1-3H3,(H2,16,17,18);1H. The number of methoxy groups -OCH3 is 1. The van der Waals surface area contributed by atoms with Crippen molar-refractivity contribution < 1.29 is 14.3 Å². The summed E-state index contributed by atoms with van der Waals surface area (Å²) in [7, 11) is 4.93. The fourth-order valence-electron chi connectivity index (χ4n) is 1.68. The van der Waals surface area contributed by atoms with Gasteiger partial charge in [0.15, 0.2) is 5.96 Å². The molecule has 0 radical (unpaired) electrons. The molecule has 1 aromatic rings. The number of nitrogens with zero attached hydrogens (tertiary/aromatic N) is 1. The van der Waals surface area contributed by atoms with Crippen molar-refractivity contribution in [3.63, 3.8) is 0 Å². The number of rotatable bonds is 7. The average molecular weight is 421 g/mol. The van der Waals surface area contributed by atoms with Crippen LogP contribution < -0.4 is 15.4 Å². The van der Waals surface area contributed by atoms with Crippen molar-refractivity contribution in [2.24, 2.45) is 4.99 Å². The zero-order chi connectivity index (χ0) is 15.5. The number of aliphatic imine (C=N–C) groups is 1. The largest absolute Gasteiger partial charge is 0.494 e. The number of hydrogen-bond donors (Lipinski definition) is 2. The lowest BCUT2D eigenvalue weighted by molar-refractivity contribution is -0.140. The van der Waals surface area contributed by atoms with Gasteiger partial charge >= 0.3 is 5.97 Å². The van der Waals surface area contributed by atoms with Crippen molar-refractivity contribution in [2.75, 3.05) is 27.8 Å². The predicted octanol–water partition coefficient (Wildman–Crippen LogP) is 1.93. The van der Waals surface area contributed by atoms with Gasteiger partial charge in [0, 0.05) is 27.1 Å². The van der Waals surface area contributed by atoms with Crippen molar-refractivity contribution >= 4 is 35.9 Å². The predicted molar refractivity (Wildman–Crippen MR) is 97.9 cm³/mol. The molecule has 7 heteroatoms. The summed E-state index contributed by atoms with van der Waals surface area (Å²) in [6, 6.07) is 7.81. The van der Waals surface area contributed by atoms with E-state index in [0.717, 1.165) is 17.3 Å². The lowest BCUT2D eigenvalue weighted by atomic mass is 10.2. The Bertz CT molecular complexity index is 464. The lowest BCUT2D eigenvalue weighted by Gasteiger charge is -2.09. The molecular formula is C15H24IN3O3. The van der Waals surface area contributed by atoms with Crippen LogP contribution in [0.15, 0.2) is 29.3 Å². The Morgan fingerprint density at radius 3 is 2.50 bits per heavy atom. The van der Waals surface area contributed by atoms with Crippen LogP contribution in [0.3, 0.4) is 0 Å². The van der Waals surface area contributed by atoms with E-state index >= 15 is 0 Å². The van der Waals surface area contributed by atoms with E-state index in [-0.39, 0.29) is 29.9 Å². The number of carbonyl (C=O) groups excluding carboxylic acids is 1. The fraction of sp³-hybridized carbons (Fsp3) is 0.467. The number of nitrogens with one attached hydrogen (secondary N) is 2. The summed E-state index contributed by atoms with van der Waals surface area (Å²) in [5.74, 6) is 1.33. The molecule has 0 aromatic heterocycles. The summed E-state index contributed by atoms with van der Waals surface area (Å²) >= 11 is 0. The number of guanidine groups is 1. The minimum absolute atomic E-state index is 0. The minimum Gasteiger partial charge on any atom is -0.494 e. The molecule has 1 aromatic carbocycles. The van der Waals surface area contributed by atoms with Crippen molar-refractivity contribution in [3.8, 4) is 5.75 Å². The molecule has 0 heterocycles. The van der Waals surface area contributed by atoms with E-state index in [1.165, 1.54) is 7.11 Å². The van der Waals surface area contributed by atoms with E-state index in [4.69, 9.17) is 4.74 Å². The molecule has 0 aliphatic carbocycles. The third kappa shape index (κ3) is 8.06. The number of esters is 1. The van der Waals surface area contributed by atoms with Crippen molar-refractivity contribution in [3.05, 3.63) is 29.8 Å². The lowest BCUT2D eigenvalue weighted by Crippen LogP contribution is -2.34. The first-order valence-electron chi connectivity index (χ1n) is 6.86. The van der Waals surface area contributed by atoms with Gasteiger partial charge in [-0.05, 0) is 24.1 Å². The van der Waals surface area contributed by atoms with E-state index in [2.05, 4.69) is 20.4 Å². The number of ether oxygens (including phenoxy) is 2. The third-order valence-electron chi connectivity index (χ3n) is 2.87. The van der Waals surface area contributed by atoms with Gasteiger partial charge in [-0.1, -0.05) is 12.1 Å². The second-order valence-electron chi connectivity index (χ2n) is 4.35. The molecule has 2 N–H and O–H groups in total. The summed E-state index contributed by atoms with van der Waals surface area (Å²) in [6.45, 7) is 1.19. The van der Waals surface area contributed by atoms with E-state index in [1.807, 2.05) is 31.3 Å². The maximum atomic E-state index is 10.9. The second-order valence-corrected chi connectivity index (χ2v) is 4.35. The van der Waals surface area contributed by atoms with E-state index in [1.54, 1.807) is 7.05 Å². The Kier molecular flexibility index (Phi) is 11.2.